The first-order chi connectivity index (χ1) is 5.72. The van der Waals surface area contributed by atoms with Gasteiger partial charge < -0.3 is 0 Å². The molecule has 0 aliphatic heterocycles. The average Bonchev–Trinajstić information content (AvgIpc) is 1.99. The van der Waals surface area contributed by atoms with Crippen LogP contribution in [0.1, 0.15) is 18.9 Å². The fraction of sp³-hybridized carbons (Fsp3) is 0.200. The van der Waals surface area contributed by atoms with Crippen LogP contribution in [0.15, 0.2) is 24.3 Å². The van der Waals surface area contributed by atoms with E-state index in [4.69, 9.17) is 0 Å². The van der Waals surface area contributed by atoms with Gasteiger partial charge in [0.1, 0.15) is 11.6 Å². The van der Waals surface area contributed by atoms with Crippen LogP contribution in [-0.4, -0.2) is 0 Å². The molecule has 0 nitrogen and oxygen atoms in total. The standard InChI is InChI=1S/C10H10F2/c1-2-3-4-8-5-9(11)7-10(12)6-8/h3-7H,2H2,1H3/b4-3+. The van der Waals surface area contributed by atoms with E-state index in [-0.39, 0.29) is 0 Å². The molecule has 0 spiro atoms. The van der Waals surface area contributed by atoms with Gasteiger partial charge >= 0.3 is 0 Å². The Labute approximate surface area is 70.5 Å². The first-order valence-corrected chi connectivity index (χ1v) is 3.85. The second kappa shape index (κ2) is 4.00. The Morgan fingerprint density at radius 1 is 1.17 bits per heavy atom. The molecular formula is C10H10F2. The smallest absolute Gasteiger partial charge is 0.126 e. The van der Waals surface area contributed by atoms with E-state index in [2.05, 4.69) is 0 Å². The summed E-state index contributed by atoms with van der Waals surface area (Å²) in [4.78, 5) is 0. The van der Waals surface area contributed by atoms with Crippen LogP contribution in [0, 0.1) is 11.6 Å². The lowest BCUT2D eigenvalue weighted by molar-refractivity contribution is 0.583. The van der Waals surface area contributed by atoms with E-state index < -0.39 is 11.6 Å². The molecular weight excluding hydrogens is 158 g/mol. The van der Waals surface area contributed by atoms with Crippen molar-refractivity contribution in [3.05, 3.63) is 41.5 Å². The number of rotatable bonds is 2. The number of hydrogen-bond acceptors (Lipinski definition) is 0. The zero-order valence-electron chi connectivity index (χ0n) is 6.85. The van der Waals surface area contributed by atoms with E-state index in [1.807, 2.05) is 13.0 Å². The van der Waals surface area contributed by atoms with Crippen molar-refractivity contribution in [1.82, 2.24) is 0 Å². The van der Waals surface area contributed by atoms with Gasteiger partial charge in [0.15, 0.2) is 0 Å². The van der Waals surface area contributed by atoms with Crippen LogP contribution in [0.25, 0.3) is 6.08 Å². The summed E-state index contributed by atoms with van der Waals surface area (Å²) in [5.74, 6) is -1.07. The Bertz CT molecular complexity index is 270. The fourth-order valence-corrected chi connectivity index (χ4v) is 0.925. The monoisotopic (exact) mass is 168 g/mol. The van der Waals surface area contributed by atoms with Gasteiger partial charge in [-0.1, -0.05) is 19.1 Å². The van der Waals surface area contributed by atoms with Crippen molar-refractivity contribution in [3.8, 4) is 0 Å². The van der Waals surface area contributed by atoms with Gasteiger partial charge in [0.2, 0.25) is 0 Å². The summed E-state index contributed by atoms with van der Waals surface area (Å²) >= 11 is 0. The van der Waals surface area contributed by atoms with E-state index in [0.717, 1.165) is 12.5 Å². The molecule has 0 saturated carbocycles. The summed E-state index contributed by atoms with van der Waals surface area (Å²) in [5, 5.41) is 0. The van der Waals surface area contributed by atoms with Crippen LogP contribution in [0.2, 0.25) is 0 Å². The molecule has 1 aromatic carbocycles. The Morgan fingerprint density at radius 3 is 2.25 bits per heavy atom. The summed E-state index contributed by atoms with van der Waals surface area (Å²) in [5.41, 5.74) is 0.564. The Hall–Kier alpha value is -1.18. The van der Waals surface area contributed by atoms with Gasteiger partial charge in [-0.2, -0.15) is 0 Å². The summed E-state index contributed by atoms with van der Waals surface area (Å²) in [6.45, 7) is 1.96. The van der Waals surface area contributed by atoms with E-state index in [1.165, 1.54) is 12.1 Å². The Morgan fingerprint density at radius 2 is 1.75 bits per heavy atom. The average molecular weight is 168 g/mol. The molecule has 0 heterocycles. The SMILES string of the molecule is CC/C=C/c1cc(F)cc(F)c1. The van der Waals surface area contributed by atoms with Crippen molar-refractivity contribution in [2.75, 3.05) is 0 Å². The van der Waals surface area contributed by atoms with Crippen molar-refractivity contribution in [2.45, 2.75) is 13.3 Å². The minimum absolute atomic E-state index is 0.536. The normalized spacial score (nSPS) is 10.9. The van der Waals surface area contributed by atoms with E-state index >= 15 is 0 Å². The molecule has 0 amide bonds. The molecule has 0 aliphatic rings. The molecule has 0 N–H and O–H groups in total. The summed E-state index contributed by atoms with van der Waals surface area (Å²) in [7, 11) is 0. The fourth-order valence-electron chi connectivity index (χ4n) is 0.925. The van der Waals surface area contributed by atoms with Gasteiger partial charge in [0, 0.05) is 6.07 Å². The van der Waals surface area contributed by atoms with Crippen LogP contribution >= 0.6 is 0 Å². The first kappa shape index (κ1) is 8.91. The van der Waals surface area contributed by atoms with Crippen molar-refractivity contribution in [2.24, 2.45) is 0 Å². The van der Waals surface area contributed by atoms with Gasteiger partial charge in [-0.25, -0.2) is 8.78 Å². The zero-order valence-corrected chi connectivity index (χ0v) is 6.85. The predicted octanol–water partition coefficient (Wildman–Crippen LogP) is 3.39. The zero-order chi connectivity index (χ0) is 8.97. The lowest BCUT2D eigenvalue weighted by atomic mass is 10.2. The molecule has 0 atom stereocenters. The number of allylic oxidation sites excluding steroid dienone is 1. The third kappa shape index (κ3) is 2.46. The van der Waals surface area contributed by atoms with Crippen molar-refractivity contribution < 1.29 is 8.78 Å². The van der Waals surface area contributed by atoms with E-state index in [1.54, 1.807) is 6.08 Å². The Balaban J connectivity index is 2.93. The van der Waals surface area contributed by atoms with Crippen LogP contribution in [0.5, 0.6) is 0 Å². The van der Waals surface area contributed by atoms with E-state index in [9.17, 15) is 8.78 Å². The maximum atomic E-state index is 12.6. The molecule has 0 bridgehead atoms. The summed E-state index contributed by atoms with van der Waals surface area (Å²) in [6.07, 6.45) is 4.42. The lowest BCUT2D eigenvalue weighted by Gasteiger charge is -1.94. The van der Waals surface area contributed by atoms with Crippen LogP contribution in [0.4, 0.5) is 8.78 Å². The summed E-state index contributed by atoms with van der Waals surface area (Å²) < 4.78 is 25.2. The highest BCUT2D eigenvalue weighted by atomic mass is 19.1. The molecule has 0 aromatic heterocycles. The maximum Gasteiger partial charge on any atom is 0.126 e. The molecule has 1 rings (SSSR count). The van der Waals surface area contributed by atoms with Crippen LogP contribution in [-0.2, 0) is 0 Å². The first-order valence-electron chi connectivity index (χ1n) is 3.85. The quantitative estimate of drug-likeness (QED) is 0.635. The highest BCUT2D eigenvalue weighted by Gasteiger charge is 1.96. The molecule has 0 saturated heterocycles. The van der Waals surface area contributed by atoms with Gasteiger partial charge in [-0.15, -0.1) is 0 Å². The topological polar surface area (TPSA) is 0 Å². The second-order valence-electron chi connectivity index (χ2n) is 2.51. The third-order valence-corrected chi connectivity index (χ3v) is 1.43. The van der Waals surface area contributed by atoms with E-state index in [0.29, 0.717) is 5.56 Å². The molecule has 64 valence electrons. The molecule has 0 radical (unpaired) electrons. The molecule has 1 aromatic rings. The molecule has 0 unspecified atom stereocenters. The number of halogens is 2. The molecule has 0 aliphatic carbocycles. The van der Waals surface area contributed by atoms with Gasteiger partial charge in [-0.3, -0.25) is 0 Å². The highest BCUT2D eigenvalue weighted by Crippen LogP contribution is 2.09. The minimum Gasteiger partial charge on any atom is -0.207 e. The number of hydrogen-bond donors (Lipinski definition) is 0. The van der Waals surface area contributed by atoms with Crippen LogP contribution < -0.4 is 0 Å². The minimum atomic E-state index is -0.536. The highest BCUT2D eigenvalue weighted by molar-refractivity contribution is 5.49. The molecule has 2 heteroatoms. The van der Waals surface area contributed by atoms with Crippen LogP contribution in [0.3, 0.4) is 0 Å². The van der Waals surface area contributed by atoms with Gasteiger partial charge in [0.25, 0.3) is 0 Å². The van der Waals surface area contributed by atoms with Gasteiger partial charge in [0.05, 0.1) is 0 Å². The van der Waals surface area contributed by atoms with Crippen molar-refractivity contribution in [1.29, 1.82) is 0 Å². The predicted molar refractivity (Wildman–Crippen MR) is 45.7 cm³/mol. The second-order valence-corrected chi connectivity index (χ2v) is 2.51. The Kier molecular flexibility index (Phi) is 2.97. The molecule has 12 heavy (non-hydrogen) atoms. The lowest BCUT2D eigenvalue weighted by Crippen LogP contribution is -1.81. The number of benzene rings is 1. The van der Waals surface area contributed by atoms with Crippen molar-refractivity contribution in [3.63, 3.8) is 0 Å². The molecule has 0 fully saturated rings. The third-order valence-electron chi connectivity index (χ3n) is 1.43. The summed E-state index contributed by atoms with van der Waals surface area (Å²) in [6, 6.07) is 3.47. The van der Waals surface area contributed by atoms with Crippen molar-refractivity contribution >= 4 is 6.08 Å². The van der Waals surface area contributed by atoms with Gasteiger partial charge in [-0.05, 0) is 24.1 Å². The largest absolute Gasteiger partial charge is 0.207 e. The maximum absolute atomic E-state index is 12.6.